The van der Waals surface area contributed by atoms with Gasteiger partial charge < -0.3 is 13.9 Å². The van der Waals surface area contributed by atoms with E-state index in [1.54, 1.807) is 18.9 Å². The molecule has 2 aromatic rings. The Kier molecular flexibility index (Phi) is 3.02. The zero-order valence-electron chi connectivity index (χ0n) is 11.8. The maximum atomic E-state index is 12.5. The van der Waals surface area contributed by atoms with Gasteiger partial charge in [0.05, 0.1) is 18.4 Å². The second kappa shape index (κ2) is 5.02. The third-order valence-corrected chi connectivity index (χ3v) is 4.55. The van der Waals surface area contributed by atoms with Crippen LogP contribution in [0.25, 0.3) is 0 Å². The van der Waals surface area contributed by atoms with Crippen LogP contribution in [0.1, 0.15) is 17.8 Å². The van der Waals surface area contributed by atoms with Crippen LogP contribution >= 0.6 is 0 Å². The van der Waals surface area contributed by atoms with Crippen LogP contribution in [-0.2, 0) is 24.2 Å². The van der Waals surface area contributed by atoms with Crippen LogP contribution in [0, 0.1) is 11.8 Å². The molecule has 110 valence electrons. The van der Waals surface area contributed by atoms with Gasteiger partial charge in [0.1, 0.15) is 12.2 Å². The fourth-order valence-corrected chi connectivity index (χ4v) is 3.34. The topological polar surface area (TPSA) is 64.2 Å². The van der Waals surface area contributed by atoms with Crippen molar-refractivity contribution in [1.29, 1.82) is 0 Å². The first-order chi connectivity index (χ1) is 10.3. The smallest absolute Gasteiger partial charge is 0.227 e. The normalized spacial score (nSPS) is 21.9. The average Bonchev–Trinajstić information content (AvgIpc) is 3.11. The van der Waals surface area contributed by atoms with Gasteiger partial charge in [-0.1, -0.05) is 0 Å². The number of nitrogens with zero attached hydrogens (tertiary/aromatic N) is 4. The van der Waals surface area contributed by atoms with Crippen molar-refractivity contribution in [2.24, 2.45) is 11.8 Å². The molecule has 6 heteroatoms. The molecule has 0 bridgehead atoms. The molecule has 6 nitrogen and oxygen atoms in total. The molecule has 1 amide bonds. The molecule has 1 saturated heterocycles. The summed E-state index contributed by atoms with van der Waals surface area (Å²) >= 11 is 0. The second-order valence-corrected chi connectivity index (χ2v) is 6.08. The number of furan rings is 1. The number of fused-ring (bicyclic) bond motifs is 1. The number of rotatable bonds is 3. The summed E-state index contributed by atoms with van der Waals surface area (Å²) in [6, 6.07) is 2.00. The summed E-state index contributed by atoms with van der Waals surface area (Å²) in [5.41, 5.74) is 1.22. The lowest BCUT2D eigenvalue weighted by Crippen LogP contribution is -2.53. The highest BCUT2D eigenvalue weighted by atomic mass is 16.3. The molecule has 1 unspecified atom stereocenters. The predicted octanol–water partition coefficient (Wildman–Crippen LogP) is 1.13. The Labute approximate surface area is 122 Å². The van der Waals surface area contributed by atoms with Crippen LogP contribution in [0.3, 0.4) is 0 Å². The minimum Gasteiger partial charge on any atom is -0.472 e. The van der Waals surface area contributed by atoms with Gasteiger partial charge in [-0.2, -0.15) is 0 Å². The van der Waals surface area contributed by atoms with Crippen molar-refractivity contribution >= 4 is 5.91 Å². The Bertz CT molecular complexity index is 628. The molecule has 0 N–H and O–H groups in total. The highest BCUT2D eigenvalue weighted by Crippen LogP contribution is 2.26. The van der Waals surface area contributed by atoms with E-state index < -0.39 is 0 Å². The third-order valence-electron chi connectivity index (χ3n) is 4.55. The largest absolute Gasteiger partial charge is 0.472 e. The molecule has 0 spiro atoms. The molecular formula is C15H18N4O2. The average molecular weight is 286 g/mol. The van der Waals surface area contributed by atoms with E-state index in [4.69, 9.17) is 4.42 Å². The second-order valence-electron chi connectivity index (χ2n) is 6.08. The summed E-state index contributed by atoms with van der Waals surface area (Å²) in [6.07, 6.45) is 7.96. The highest BCUT2D eigenvalue weighted by Gasteiger charge is 2.36. The van der Waals surface area contributed by atoms with Crippen LogP contribution in [0.5, 0.6) is 0 Å². The van der Waals surface area contributed by atoms with Crippen LogP contribution < -0.4 is 0 Å². The number of hydrogen-bond donors (Lipinski definition) is 0. The molecule has 1 atom stereocenters. The van der Waals surface area contributed by atoms with E-state index in [9.17, 15) is 4.79 Å². The number of carbonyl (C=O) groups is 1. The first-order valence-corrected chi connectivity index (χ1v) is 7.46. The van der Waals surface area contributed by atoms with Gasteiger partial charge in [-0.15, -0.1) is 10.2 Å². The van der Waals surface area contributed by atoms with Crippen molar-refractivity contribution in [3.63, 3.8) is 0 Å². The van der Waals surface area contributed by atoms with Crippen molar-refractivity contribution in [2.75, 3.05) is 13.1 Å². The third kappa shape index (κ3) is 2.34. The molecule has 2 aliphatic heterocycles. The lowest BCUT2D eigenvalue weighted by Gasteiger charge is -2.41. The minimum atomic E-state index is 0.0865. The molecule has 4 heterocycles. The van der Waals surface area contributed by atoms with Gasteiger partial charge in [-0.3, -0.25) is 4.79 Å². The van der Waals surface area contributed by atoms with Crippen LogP contribution in [0.15, 0.2) is 29.3 Å². The van der Waals surface area contributed by atoms with E-state index in [0.29, 0.717) is 5.92 Å². The van der Waals surface area contributed by atoms with Gasteiger partial charge >= 0.3 is 0 Å². The standard InChI is InChI=1S/C15H18N4O2/c20-15(13-1-2-14-17-16-10-19(14)8-13)18-6-12(7-18)5-11-3-4-21-9-11/h3-4,9-10,12-13H,1-2,5-8H2. The van der Waals surface area contributed by atoms with Gasteiger partial charge in [-0.25, -0.2) is 0 Å². The molecular weight excluding hydrogens is 268 g/mol. The highest BCUT2D eigenvalue weighted by molar-refractivity contribution is 5.79. The lowest BCUT2D eigenvalue weighted by atomic mass is 9.90. The molecule has 4 rings (SSSR count). The molecule has 0 aliphatic carbocycles. The van der Waals surface area contributed by atoms with Gasteiger partial charge in [0, 0.05) is 26.1 Å². The summed E-state index contributed by atoms with van der Waals surface area (Å²) in [7, 11) is 0. The quantitative estimate of drug-likeness (QED) is 0.848. The maximum Gasteiger partial charge on any atom is 0.227 e. The zero-order valence-corrected chi connectivity index (χ0v) is 11.8. The molecule has 1 fully saturated rings. The summed E-state index contributed by atoms with van der Waals surface area (Å²) in [5.74, 6) is 1.95. The van der Waals surface area contributed by atoms with Crippen molar-refractivity contribution < 1.29 is 9.21 Å². The zero-order chi connectivity index (χ0) is 14.2. The SMILES string of the molecule is O=C(C1CCc2nncn2C1)N1CC(Cc2ccoc2)C1. The fraction of sp³-hybridized carbons (Fsp3) is 0.533. The van der Waals surface area contributed by atoms with Gasteiger partial charge in [0.25, 0.3) is 0 Å². The van der Waals surface area contributed by atoms with Crippen molar-refractivity contribution in [1.82, 2.24) is 19.7 Å². The Morgan fingerprint density at radius 1 is 1.38 bits per heavy atom. The van der Waals surface area contributed by atoms with Crippen molar-refractivity contribution in [3.05, 3.63) is 36.3 Å². The Balaban J connectivity index is 1.31. The van der Waals surface area contributed by atoms with Crippen molar-refractivity contribution in [3.8, 4) is 0 Å². The Hall–Kier alpha value is -2.11. The van der Waals surface area contributed by atoms with Crippen molar-refractivity contribution in [2.45, 2.75) is 25.8 Å². The summed E-state index contributed by atoms with van der Waals surface area (Å²) in [5, 5.41) is 7.97. The van der Waals surface area contributed by atoms with Gasteiger partial charge in [0.2, 0.25) is 5.91 Å². The van der Waals surface area contributed by atoms with E-state index in [0.717, 1.165) is 44.7 Å². The first kappa shape index (κ1) is 12.6. The maximum absolute atomic E-state index is 12.5. The number of hydrogen-bond acceptors (Lipinski definition) is 4. The van der Waals surface area contributed by atoms with E-state index in [-0.39, 0.29) is 11.8 Å². The summed E-state index contributed by atoms with van der Waals surface area (Å²) < 4.78 is 7.09. The lowest BCUT2D eigenvalue weighted by molar-refractivity contribution is -0.143. The van der Waals surface area contributed by atoms with E-state index in [2.05, 4.69) is 10.2 Å². The Morgan fingerprint density at radius 2 is 2.29 bits per heavy atom. The number of carbonyl (C=O) groups excluding carboxylic acids is 1. The predicted molar refractivity (Wildman–Crippen MR) is 74.3 cm³/mol. The van der Waals surface area contributed by atoms with Gasteiger partial charge in [-0.05, 0) is 30.4 Å². The first-order valence-electron chi connectivity index (χ1n) is 7.46. The summed E-state index contributed by atoms with van der Waals surface area (Å²) in [6.45, 7) is 2.47. The number of aromatic nitrogens is 3. The molecule has 0 aromatic carbocycles. The van der Waals surface area contributed by atoms with E-state index in [1.165, 1.54) is 5.56 Å². The minimum absolute atomic E-state index is 0.0865. The van der Waals surface area contributed by atoms with E-state index in [1.807, 2.05) is 15.5 Å². The Morgan fingerprint density at radius 3 is 3.10 bits per heavy atom. The number of amides is 1. The van der Waals surface area contributed by atoms with E-state index >= 15 is 0 Å². The molecule has 0 radical (unpaired) electrons. The fourth-order valence-electron chi connectivity index (χ4n) is 3.34. The van der Waals surface area contributed by atoms with Crippen LogP contribution in [0.2, 0.25) is 0 Å². The molecule has 2 aromatic heterocycles. The molecule has 2 aliphatic rings. The van der Waals surface area contributed by atoms with Crippen LogP contribution in [-0.4, -0.2) is 38.7 Å². The monoisotopic (exact) mass is 286 g/mol. The summed E-state index contributed by atoms with van der Waals surface area (Å²) in [4.78, 5) is 14.5. The van der Waals surface area contributed by atoms with Crippen LogP contribution in [0.4, 0.5) is 0 Å². The molecule has 21 heavy (non-hydrogen) atoms. The molecule has 0 saturated carbocycles. The number of aryl methyl sites for hydroxylation is 1. The number of likely N-dealkylation sites (tertiary alicyclic amines) is 1. The van der Waals surface area contributed by atoms with Gasteiger partial charge in [0.15, 0.2) is 0 Å².